The molecule has 1 atom stereocenters. The Bertz CT molecular complexity index is 384. The van der Waals surface area contributed by atoms with Gasteiger partial charge >= 0.3 is 6.09 Å². The number of likely N-dealkylation sites (N-methyl/N-ethyl adjacent to an activating group) is 1. The van der Waals surface area contributed by atoms with Crippen molar-refractivity contribution < 1.29 is 14.3 Å². The van der Waals surface area contributed by atoms with E-state index in [2.05, 4.69) is 4.98 Å². The summed E-state index contributed by atoms with van der Waals surface area (Å²) in [4.78, 5) is 28.7. The van der Waals surface area contributed by atoms with E-state index in [4.69, 9.17) is 4.74 Å². The van der Waals surface area contributed by atoms with Crippen molar-refractivity contribution in [3.8, 4) is 0 Å². The predicted octanol–water partition coefficient (Wildman–Crippen LogP) is 2.25. The van der Waals surface area contributed by atoms with Gasteiger partial charge in [0.2, 0.25) is 0 Å². The number of aromatic nitrogens is 1. The summed E-state index contributed by atoms with van der Waals surface area (Å²) in [5.41, 5.74) is 1.04. The highest BCUT2D eigenvalue weighted by Crippen LogP contribution is 2.22. The molecule has 94 valence electrons. The maximum absolute atomic E-state index is 11.8. The van der Waals surface area contributed by atoms with Crippen molar-refractivity contribution in [3.05, 3.63) is 16.6 Å². The fraction of sp³-hybridized carbons (Fsp3) is 0.545. The van der Waals surface area contributed by atoms with Crippen LogP contribution in [-0.4, -0.2) is 34.9 Å². The third kappa shape index (κ3) is 3.81. The number of carbonyl (C=O) groups is 2. The fourth-order valence-electron chi connectivity index (χ4n) is 1.17. The summed E-state index contributed by atoms with van der Waals surface area (Å²) < 4.78 is 5.19. The van der Waals surface area contributed by atoms with Crippen molar-refractivity contribution in [3.63, 3.8) is 0 Å². The smallest absolute Gasteiger partial charge is 0.410 e. The van der Waals surface area contributed by atoms with E-state index < -0.39 is 17.7 Å². The summed E-state index contributed by atoms with van der Waals surface area (Å²) in [5, 5.41) is 0. The zero-order valence-corrected chi connectivity index (χ0v) is 11.2. The second-order valence-corrected chi connectivity index (χ2v) is 5.49. The third-order valence-corrected chi connectivity index (χ3v) is 2.82. The minimum atomic E-state index is -0.641. The molecule has 0 spiro atoms. The molecule has 0 saturated carbocycles. The molecule has 1 amide bonds. The second-order valence-electron chi connectivity index (χ2n) is 4.58. The predicted molar refractivity (Wildman–Crippen MR) is 64.9 cm³/mol. The van der Waals surface area contributed by atoms with E-state index in [-0.39, 0.29) is 0 Å². The Morgan fingerprint density at radius 2 is 2.24 bits per heavy atom. The van der Waals surface area contributed by atoms with E-state index >= 15 is 0 Å². The van der Waals surface area contributed by atoms with Crippen molar-refractivity contribution in [1.29, 1.82) is 0 Å². The molecule has 0 aliphatic rings. The molecular formula is C11H16N2O3S. The van der Waals surface area contributed by atoms with Gasteiger partial charge in [-0.05, 0) is 20.8 Å². The topological polar surface area (TPSA) is 59.5 Å². The number of amides is 1. The van der Waals surface area contributed by atoms with E-state index in [9.17, 15) is 9.59 Å². The molecule has 1 rings (SSSR count). The Morgan fingerprint density at radius 3 is 2.65 bits per heavy atom. The lowest BCUT2D eigenvalue weighted by Gasteiger charge is -2.27. The van der Waals surface area contributed by atoms with Gasteiger partial charge in [-0.25, -0.2) is 4.79 Å². The summed E-state index contributed by atoms with van der Waals surface area (Å²) in [6.07, 6.45) is 1.75. The quantitative estimate of drug-likeness (QED) is 0.778. The normalized spacial score (nSPS) is 12.9. The van der Waals surface area contributed by atoms with Gasteiger partial charge in [-0.2, -0.15) is 0 Å². The molecule has 17 heavy (non-hydrogen) atoms. The largest absolute Gasteiger partial charge is 0.444 e. The summed E-state index contributed by atoms with van der Waals surface area (Å²) in [6, 6.07) is -0.641. The van der Waals surface area contributed by atoms with Gasteiger partial charge in [0.05, 0.1) is 10.4 Å². The molecule has 1 aromatic heterocycles. The molecule has 5 nitrogen and oxygen atoms in total. The van der Waals surface area contributed by atoms with Crippen molar-refractivity contribution in [2.45, 2.75) is 32.4 Å². The van der Waals surface area contributed by atoms with Crippen LogP contribution in [0.25, 0.3) is 0 Å². The first-order valence-electron chi connectivity index (χ1n) is 5.14. The lowest BCUT2D eigenvalue weighted by atomic mass is 10.2. The molecule has 0 bridgehead atoms. The minimum Gasteiger partial charge on any atom is -0.444 e. The van der Waals surface area contributed by atoms with Crippen LogP contribution in [0.15, 0.2) is 11.7 Å². The van der Waals surface area contributed by atoms with E-state index in [1.807, 2.05) is 0 Å². The highest BCUT2D eigenvalue weighted by atomic mass is 32.1. The summed E-state index contributed by atoms with van der Waals surface area (Å²) >= 11 is 1.33. The van der Waals surface area contributed by atoms with E-state index in [1.165, 1.54) is 23.3 Å². The number of thiazole rings is 1. The highest BCUT2D eigenvalue weighted by molar-refractivity contribution is 7.09. The first-order chi connectivity index (χ1) is 7.85. The lowest BCUT2D eigenvalue weighted by molar-refractivity contribution is -0.112. The first-order valence-corrected chi connectivity index (χ1v) is 6.02. The van der Waals surface area contributed by atoms with Crippen molar-refractivity contribution in [2.75, 3.05) is 7.05 Å². The molecule has 0 aliphatic carbocycles. The molecule has 6 heteroatoms. The summed E-state index contributed by atoms with van der Waals surface area (Å²) in [6.45, 7) is 5.34. The highest BCUT2D eigenvalue weighted by Gasteiger charge is 2.26. The average Bonchev–Trinajstić information content (AvgIpc) is 2.69. The second kappa shape index (κ2) is 5.27. The Kier molecular flexibility index (Phi) is 4.22. The molecule has 0 radical (unpaired) electrons. The maximum atomic E-state index is 11.8. The number of carbonyl (C=O) groups excluding carboxylic acids is 2. The Balaban J connectivity index is 2.77. The van der Waals surface area contributed by atoms with E-state index in [0.29, 0.717) is 11.2 Å². The number of rotatable bonds is 3. The van der Waals surface area contributed by atoms with Crippen LogP contribution >= 0.6 is 11.3 Å². The molecule has 0 fully saturated rings. The lowest BCUT2D eigenvalue weighted by Crippen LogP contribution is -2.37. The molecule has 0 aliphatic heterocycles. The summed E-state index contributed by atoms with van der Waals surface area (Å²) in [5.74, 6) is 0. The van der Waals surface area contributed by atoms with Crippen LogP contribution in [0.5, 0.6) is 0 Å². The van der Waals surface area contributed by atoms with Crippen LogP contribution < -0.4 is 0 Å². The number of hydrogen-bond acceptors (Lipinski definition) is 5. The maximum Gasteiger partial charge on any atom is 0.410 e. The Labute approximate surface area is 104 Å². The van der Waals surface area contributed by atoms with Crippen LogP contribution in [-0.2, 0) is 9.53 Å². The van der Waals surface area contributed by atoms with Crippen LogP contribution in [0.1, 0.15) is 31.7 Å². The SMILES string of the molecule is CN(C(=O)OC(C)(C)C)C(C=O)c1cncs1. The first kappa shape index (κ1) is 13.6. The summed E-state index contributed by atoms with van der Waals surface area (Å²) in [7, 11) is 1.53. The minimum absolute atomic E-state index is 0.525. The monoisotopic (exact) mass is 256 g/mol. The Hall–Kier alpha value is -1.43. The van der Waals surface area contributed by atoms with Gasteiger partial charge in [-0.3, -0.25) is 9.88 Å². The molecule has 1 heterocycles. The van der Waals surface area contributed by atoms with Crippen molar-refractivity contribution >= 4 is 23.7 Å². The number of aldehydes is 1. The van der Waals surface area contributed by atoms with Crippen LogP contribution in [0.3, 0.4) is 0 Å². The number of nitrogens with zero attached hydrogens (tertiary/aromatic N) is 2. The number of ether oxygens (including phenoxy) is 1. The van der Waals surface area contributed by atoms with Gasteiger partial charge in [0.1, 0.15) is 17.9 Å². The van der Waals surface area contributed by atoms with E-state index in [1.54, 1.807) is 32.5 Å². The Morgan fingerprint density at radius 1 is 1.59 bits per heavy atom. The van der Waals surface area contributed by atoms with Gasteiger partial charge in [0, 0.05) is 13.2 Å². The van der Waals surface area contributed by atoms with Gasteiger partial charge < -0.3 is 9.53 Å². The molecule has 1 aromatic rings. The molecular weight excluding hydrogens is 240 g/mol. The molecule has 0 saturated heterocycles. The molecule has 1 unspecified atom stereocenters. The van der Waals surface area contributed by atoms with Crippen molar-refractivity contribution in [2.24, 2.45) is 0 Å². The standard InChI is InChI=1S/C11H16N2O3S/c1-11(2,3)16-10(15)13(4)8(6-14)9-5-12-7-17-9/h5-8H,1-4H3. The zero-order chi connectivity index (χ0) is 13.1. The molecule has 0 aromatic carbocycles. The van der Waals surface area contributed by atoms with Gasteiger partial charge in [-0.1, -0.05) is 0 Å². The van der Waals surface area contributed by atoms with Crippen LogP contribution in [0.2, 0.25) is 0 Å². The van der Waals surface area contributed by atoms with E-state index in [0.717, 1.165) is 0 Å². The van der Waals surface area contributed by atoms with Crippen LogP contribution in [0, 0.1) is 0 Å². The average molecular weight is 256 g/mol. The zero-order valence-electron chi connectivity index (χ0n) is 10.3. The number of hydrogen-bond donors (Lipinski definition) is 0. The third-order valence-electron chi connectivity index (χ3n) is 1.97. The van der Waals surface area contributed by atoms with Crippen LogP contribution in [0.4, 0.5) is 4.79 Å². The van der Waals surface area contributed by atoms with Gasteiger partial charge in [0.15, 0.2) is 0 Å². The van der Waals surface area contributed by atoms with Gasteiger partial charge in [-0.15, -0.1) is 11.3 Å². The molecule has 0 N–H and O–H groups in total. The van der Waals surface area contributed by atoms with Crippen molar-refractivity contribution in [1.82, 2.24) is 9.88 Å². The fourth-order valence-corrected chi connectivity index (χ4v) is 1.89. The van der Waals surface area contributed by atoms with Gasteiger partial charge in [0.25, 0.3) is 0 Å².